The van der Waals surface area contributed by atoms with E-state index in [4.69, 9.17) is 5.73 Å². The molecule has 0 spiro atoms. The van der Waals surface area contributed by atoms with Crippen molar-refractivity contribution in [3.63, 3.8) is 0 Å². The van der Waals surface area contributed by atoms with Crippen LogP contribution in [0.15, 0.2) is 47.4 Å². The van der Waals surface area contributed by atoms with E-state index in [9.17, 15) is 15.8 Å². The minimum atomic E-state index is -1.56. The minimum absolute atomic E-state index is 0.0660. The van der Waals surface area contributed by atoms with Gasteiger partial charge in [-0.3, -0.25) is 4.98 Å². The zero-order valence-corrected chi connectivity index (χ0v) is 14.0. The fourth-order valence-corrected chi connectivity index (χ4v) is 4.06. The van der Waals surface area contributed by atoms with Crippen molar-refractivity contribution in [1.82, 2.24) is 4.98 Å². The molecule has 0 fully saturated rings. The van der Waals surface area contributed by atoms with E-state index in [1.54, 1.807) is 18.5 Å². The number of quaternary nitrogens is 1. The summed E-state index contributed by atoms with van der Waals surface area (Å²) in [7, 11) is 0. The second-order valence-corrected chi connectivity index (χ2v) is 6.47. The SMILES string of the molecule is CC[NH+]1CC=C2C(C#N)=C(N)C(C#N)(C#N)C(c3cccnc3)C2C1. The summed E-state index contributed by atoms with van der Waals surface area (Å²) in [4.78, 5) is 5.52. The van der Waals surface area contributed by atoms with E-state index in [1.165, 1.54) is 4.90 Å². The quantitative estimate of drug-likeness (QED) is 0.814. The highest BCUT2D eigenvalue weighted by molar-refractivity contribution is 5.58. The standard InChI is InChI=1S/C19H18N6/c1-2-25-7-5-14-15(8-20)18(23)19(11-21,12-22)17(16(14)10-25)13-4-3-6-24-9-13/h3-6,9,16-17H,2,7,10,23H2,1H3/p+1. The molecule has 0 radical (unpaired) electrons. The zero-order valence-electron chi connectivity index (χ0n) is 14.0. The van der Waals surface area contributed by atoms with E-state index < -0.39 is 11.3 Å². The van der Waals surface area contributed by atoms with Crippen LogP contribution < -0.4 is 10.6 Å². The highest BCUT2D eigenvalue weighted by Crippen LogP contribution is 2.52. The third-order valence-electron chi connectivity index (χ3n) is 5.38. The number of aromatic nitrogens is 1. The lowest BCUT2D eigenvalue weighted by atomic mass is 9.58. The Morgan fingerprint density at radius 2 is 2.12 bits per heavy atom. The molecule has 0 saturated heterocycles. The highest BCUT2D eigenvalue weighted by atomic mass is 15.1. The molecule has 1 aromatic heterocycles. The van der Waals surface area contributed by atoms with Gasteiger partial charge in [0.2, 0.25) is 0 Å². The number of hydrogen-bond donors (Lipinski definition) is 2. The Morgan fingerprint density at radius 1 is 1.36 bits per heavy atom. The number of nitrogens with one attached hydrogen (secondary N) is 1. The molecule has 0 saturated carbocycles. The van der Waals surface area contributed by atoms with Crippen LogP contribution in [0.1, 0.15) is 18.4 Å². The molecular formula is C19H19N6+. The molecule has 1 aliphatic carbocycles. The minimum Gasteiger partial charge on any atom is -0.399 e. The Balaban J connectivity index is 2.30. The molecule has 3 N–H and O–H groups in total. The second-order valence-electron chi connectivity index (χ2n) is 6.47. The van der Waals surface area contributed by atoms with Crippen molar-refractivity contribution in [2.75, 3.05) is 19.6 Å². The zero-order chi connectivity index (χ0) is 18.0. The van der Waals surface area contributed by atoms with Gasteiger partial charge in [0, 0.05) is 24.2 Å². The van der Waals surface area contributed by atoms with Crippen LogP contribution in [0.5, 0.6) is 0 Å². The van der Waals surface area contributed by atoms with E-state index in [1.807, 2.05) is 12.1 Å². The van der Waals surface area contributed by atoms with Crippen molar-refractivity contribution >= 4 is 0 Å². The first-order valence-corrected chi connectivity index (χ1v) is 8.29. The molecule has 0 bridgehead atoms. The number of hydrogen-bond acceptors (Lipinski definition) is 5. The number of nitrogens with two attached hydrogens (primary N) is 1. The molecule has 2 heterocycles. The monoisotopic (exact) mass is 331 g/mol. The maximum Gasteiger partial charge on any atom is 0.191 e. The van der Waals surface area contributed by atoms with Gasteiger partial charge in [0.25, 0.3) is 0 Å². The van der Waals surface area contributed by atoms with Crippen LogP contribution in [0.2, 0.25) is 0 Å². The fourth-order valence-electron chi connectivity index (χ4n) is 4.06. The molecule has 0 aromatic carbocycles. The summed E-state index contributed by atoms with van der Waals surface area (Å²) in [6.07, 6.45) is 5.39. The Morgan fingerprint density at radius 3 is 2.68 bits per heavy atom. The summed E-state index contributed by atoms with van der Waals surface area (Å²) in [5, 5.41) is 29.5. The van der Waals surface area contributed by atoms with Crippen LogP contribution >= 0.6 is 0 Å². The van der Waals surface area contributed by atoms with Gasteiger partial charge < -0.3 is 10.6 Å². The number of nitrogens with zero attached hydrogens (tertiary/aromatic N) is 4. The van der Waals surface area contributed by atoms with Crippen molar-refractivity contribution < 1.29 is 4.90 Å². The van der Waals surface area contributed by atoms with Crippen LogP contribution in [0.25, 0.3) is 0 Å². The largest absolute Gasteiger partial charge is 0.399 e. The number of rotatable bonds is 2. The van der Waals surface area contributed by atoms with Gasteiger partial charge in [-0.05, 0) is 30.2 Å². The van der Waals surface area contributed by atoms with Crippen molar-refractivity contribution in [2.24, 2.45) is 17.1 Å². The van der Waals surface area contributed by atoms with Gasteiger partial charge in [-0.2, -0.15) is 15.8 Å². The lowest BCUT2D eigenvalue weighted by Crippen LogP contribution is -3.13. The maximum absolute atomic E-state index is 9.93. The average molecular weight is 331 g/mol. The number of pyridine rings is 1. The van der Waals surface area contributed by atoms with Gasteiger partial charge in [-0.1, -0.05) is 6.07 Å². The Labute approximate surface area is 147 Å². The summed E-state index contributed by atoms with van der Waals surface area (Å²) < 4.78 is 0. The first-order valence-electron chi connectivity index (χ1n) is 8.29. The predicted molar refractivity (Wildman–Crippen MR) is 90.3 cm³/mol. The Kier molecular flexibility index (Phi) is 4.28. The summed E-state index contributed by atoms with van der Waals surface area (Å²) in [5.41, 5.74) is 6.71. The van der Waals surface area contributed by atoms with Gasteiger partial charge in [-0.15, -0.1) is 0 Å². The van der Waals surface area contributed by atoms with Crippen molar-refractivity contribution in [3.8, 4) is 18.2 Å². The van der Waals surface area contributed by atoms with Gasteiger partial charge in [0.1, 0.15) is 6.07 Å². The molecule has 1 aliphatic heterocycles. The van der Waals surface area contributed by atoms with E-state index in [-0.39, 0.29) is 11.6 Å². The molecule has 2 aliphatic rings. The smallest absolute Gasteiger partial charge is 0.191 e. The van der Waals surface area contributed by atoms with E-state index in [2.05, 4.69) is 30.1 Å². The summed E-state index contributed by atoms with van der Waals surface area (Å²) >= 11 is 0. The summed E-state index contributed by atoms with van der Waals surface area (Å²) in [6.45, 7) is 4.61. The maximum atomic E-state index is 9.93. The molecule has 6 nitrogen and oxygen atoms in total. The van der Waals surface area contributed by atoms with Crippen LogP contribution in [0, 0.1) is 45.3 Å². The van der Waals surface area contributed by atoms with Crippen LogP contribution in [0.3, 0.4) is 0 Å². The van der Waals surface area contributed by atoms with Gasteiger partial charge in [-0.25, -0.2) is 0 Å². The first kappa shape index (κ1) is 16.7. The number of nitriles is 3. The topological polar surface area (TPSA) is 115 Å². The second kappa shape index (κ2) is 6.40. The van der Waals surface area contributed by atoms with Crippen LogP contribution in [-0.2, 0) is 0 Å². The molecule has 0 amide bonds. The third-order valence-corrected chi connectivity index (χ3v) is 5.38. The molecule has 1 aromatic rings. The van der Waals surface area contributed by atoms with Gasteiger partial charge >= 0.3 is 0 Å². The van der Waals surface area contributed by atoms with Crippen molar-refractivity contribution in [1.29, 1.82) is 15.8 Å². The molecule has 25 heavy (non-hydrogen) atoms. The van der Waals surface area contributed by atoms with Crippen LogP contribution in [0.4, 0.5) is 0 Å². The highest BCUT2D eigenvalue weighted by Gasteiger charge is 2.55. The van der Waals surface area contributed by atoms with Gasteiger partial charge in [0.05, 0.1) is 43.0 Å². The average Bonchev–Trinajstić information content (AvgIpc) is 2.67. The van der Waals surface area contributed by atoms with Crippen molar-refractivity contribution in [3.05, 3.63) is 53.0 Å². The Bertz CT molecular complexity index is 848. The van der Waals surface area contributed by atoms with Gasteiger partial charge in [0.15, 0.2) is 5.41 Å². The van der Waals surface area contributed by atoms with Crippen LogP contribution in [-0.4, -0.2) is 24.6 Å². The predicted octanol–water partition coefficient (Wildman–Crippen LogP) is 0.410. The third kappa shape index (κ3) is 2.38. The number of likely N-dealkylation sites (N-methyl/N-ethyl adjacent to an activating group) is 1. The number of allylic oxidation sites excluding steroid dienone is 2. The first-order chi connectivity index (χ1) is 12.1. The summed E-state index contributed by atoms with van der Waals surface area (Å²) in [5.74, 6) is -0.560. The summed E-state index contributed by atoms with van der Waals surface area (Å²) in [6, 6.07) is 10.1. The van der Waals surface area contributed by atoms with E-state index in [0.29, 0.717) is 5.57 Å². The molecule has 124 valence electrons. The molecule has 3 unspecified atom stereocenters. The molecule has 3 rings (SSSR count). The molecule has 6 heteroatoms. The van der Waals surface area contributed by atoms with E-state index >= 15 is 0 Å². The normalized spacial score (nSPS) is 27.3. The van der Waals surface area contributed by atoms with E-state index in [0.717, 1.165) is 30.8 Å². The Hall–Kier alpha value is -3.14. The molecule has 3 atom stereocenters. The van der Waals surface area contributed by atoms with Crippen molar-refractivity contribution in [2.45, 2.75) is 12.8 Å². The fraction of sp³-hybridized carbons (Fsp3) is 0.368. The lowest BCUT2D eigenvalue weighted by molar-refractivity contribution is -0.897. The lowest BCUT2D eigenvalue weighted by Gasteiger charge is -2.43. The molecular weight excluding hydrogens is 312 g/mol. The number of fused-ring (bicyclic) bond motifs is 1.